The van der Waals surface area contributed by atoms with Gasteiger partial charge in [0.25, 0.3) is 0 Å². The summed E-state index contributed by atoms with van der Waals surface area (Å²) in [5.41, 5.74) is 8.18. The summed E-state index contributed by atoms with van der Waals surface area (Å²) in [6, 6.07) is 10.9. The number of hydrogen-bond acceptors (Lipinski definition) is 1. The van der Waals surface area contributed by atoms with Gasteiger partial charge in [-0.05, 0) is 46.2 Å². The van der Waals surface area contributed by atoms with Gasteiger partial charge in [-0.15, -0.1) is 0 Å². The lowest BCUT2D eigenvalue weighted by Crippen LogP contribution is -2.26. The summed E-state index contributed by atoms with van der Waals surface area (Å²) in [5, 5.41) is 0. The van der Waals surface area contributed by atoms with E-state index < -0.39 is 7.38 Å². The molecule has 0 aromatic heterocycles. The zero-order valence-corrected chi connectivity index (χ0v) is 18.7. The van der Waals surface area contributed by atoms with Crippen molar-refractivity contribution in [2.75, 3.05) is 7.11 Å². The lowest BCUT2D eigenvalue weighted by atomic mass is 9.78. The van der Waals surface area contributed by atoms with Gasteiger partial charge in [0, 0.05) is 11.1 Å². The molecule has 1 unspecified atom stereocenters. The Bertz CT molecular complexity index is 869. The Morgan fingerprint density at radius 1 is 1.08 bits per heavy atom. The Hall–Kier alpha value is -1.51. The molecule has 138 valence electrons. The van der Waals surface area contributed by atoms with E-state index in [0.717, 1.165) is 5.75 Å². The highest BCUT2D eigenvalue weighted by Gasteiger charge is 2.35. The predicted octanol–water partition coefficient (Wildman–Crippen LogP) is 7.06. The summed E-state index contributed by atoms with van der Waals surface area (Å²) in [4.78, 5) is 0. The predicted molar refractivity (Wildman–Crippen MR) is 117 cm³/mol. The second kappa shape index (κ2) is 6.58. The van der Waals surface area contributed by atoms with Crippen LogP contribution < -0.4 is 4.74 Å². The van der Waals surface area contributed by atoms with Gasteiger partial charge in [-0.25, -0.2) is 0 Å². The molecule has 1 aliphatic rings. The number of hydrogen-bond donors (Lipinski definition) is 0. The van der Waals surface area contributed by atoms with Crippen LogP contribution in [0.2, 0.25) is 13.1 Å². The highest BCUT2D eigenvalue weighted by Crippen LogP contribution is 2.47. The van der Waals surface area contributed by atoms with Crippen molar-refractivity contribution in [1.82, 2.24) is 0 Å². The Kier molecular flexibility index (Phi) is 4.87. The largest absolute Gasteiger partial charge is 0.496 e. The standard InChI is InChI=1S/C23H29ClOSi/c1-15-11-13-19(25-5)22(23(2,3)4)21(15)18-10-8-9-17-16(18)12-14-20(17)26(6,7)24/h8-14,20H,1-7H3. The molecule has 0 aliphatic heterocycles. The van der Waals surface area contributed by atoms with Crippen molar-refractivity contribution >= 4 is 24.5 Å². The number of ether oxygens (including phenoxy) is 1. The molecule has 3 heteroatoms. The molecular weight excluding hydrogens is 356 g/mol. The first kappa shape index (κ1) is 19.3. The van der Waals surface area contributed by atoms with Crippen molar-refractivity contribution in [2.24, 2.45) is 0 Å². The van der Waals surface area contributed by atoms with E-state index in [1.807, 2.05) is 0 Å². The van der Waals surface area contributed by atoms with E-state index in [4.69, 9.17) is 15.8 Å². The van der Waals surface area contributed by atoms with Crippen LogP contribution in [0.15, 0.2) is 36.4 Å². The van der Waals surface area contributed by atoms with E-state index >= 15 is 0 Å². The summed E-state index contributed by atoms with van der Waals surface area (Å²) in [6.07, 6.45) is 4.58. The van der Waals surface area contributed by atoms with Gasteiger partial charge in [0.1, 0.15) is 5.75 Å². The maximum atomic E-state index is 6.82. The van der Waals surface area contributed by atoms with E-state index in [0.29, 0.717) is 5.54 Å². The average Bonchev–Trinajstić information content (AvgIpc) is 2.98. The van der Waals surface area contributed by atoms with Gasteiger partial charge in [0.15, 0.2) is 7.38 Å². The summed E-state index contributed by atoms with van der Waals surface area (Å²) in [7, 11) is -0.0596. The number of methoxy groups -OCH3 is 1. The number of allylic oxidation sites excluding steroid dienone is 1. The fourth-order valence-electron chi connectivity index (χ4n) is 4.10. The fraction of sp³-hybridized carbons (Fsp3) is 0.391. The van der Waals surface area contributed by atoms with Gasteiger partial charge >= 0.3 is 0 Å². The number of aryl methyl sites for hydroxylation is 1. The van der Waals surface area contributed by atoms with Crippen molar-refractivity contribution in [2.45, 2.75) is 51.7 Å². The van der Waals surface area contributed by atoms with E-state index in [9.17, 15) is 0 Å². The second-order valence-corrected chi connectivity index (χ2v) is 15.5. The molecule has 1 atom stereocenters. The maximum Gasteiger partial charge on any atom is 0.161 e. The highest BCUT2D eigenvalue weighted by atomic mass is 35.6. The van der Waals surface area contributed by atoms with Crippen molar-refractivity contribution in [3.8, 4) is 16.9 Å². The smallest absolute Gasteiger partial charge is 0.161 e. The van der Waals surface area contributed by atoms with Crippen LogP contribution in [0.3, 0.4) is 0 Å². The molecule has 1 aliphatic carbocycles. The molecular formula is C23H29ClOSi. The first-order chi connectivity index (χ1) is 12.1. The summed E-state index contributed by atoms with van der Waals surface area (Å²) in [6.45, 7) is 13.4. The van der Waals surface area contributed by atoms with E-state index in [1.54, 1.807) is 7.11 Å². The third kappa shape index (κ3) is 3.25. The minimum atomic E-state index is -1.82. The molecule has 2 aromatic rings. The minimum absolute atomic E-state index is 0.0162. The Morgan fingerprint density at radius 2 is 1.77 bits per heavy atom. The molecule has 3 rings (SSSR count). The van der Waals surface area contributed by atoms with Crippen LogP contribution in [0.4, 0.5) is 0 Å². The zero-order chi connectivity index (χ0) is 19.3. The van der Waals surface area contributed by atoms with Crippen LogP contribution in [-0.2, 0) is 5.41 Å². The highest BCUT2D eigenvalue weighted by molar-refractivity contribution is 7.20. The summed E-state index contributed by atoms with van der Waals surface area (Å²) >= 11 is 6.82. The number of fused-ring (bicyclic) bond motifs is 1. The van der Waals surface area contributed by atoms with Crippen LogP contribution in [0.1, 0.15) is 48.6 Å². The van der Waals surface area contributed by atoms with Crippen LogP contribution in [-0.4, -0.2) is 14.5 Å². The van der Waals surface area contributed by atoms with Crippen LogP contribution >= 0.6 is 11.1 Å². The fourth-order valence-corrected chi connectivity index (χ4v) is 6.22. The molecule has 2 aromatic carbocycles. The zero-order valence-electron chi connectivity index (χ0n) is 16.9. The molecule has 0 N–H and O–H groups in total. The van der Waals surface area contributed by atoms with Crippen LogP contribution in [0, 0.1) is 6.92 Å². The van der Waals surface area contributed by atoms with Gasteiger partial charge in [0.05, 0.1) is 7.11 Å². The lowest BCUT2D eigenvalue weighted by Gasteiger charge is -2.28. The molecule has 0 heterocycles. The minimum Gasteiger partial charge on any atom is -0.496 e. The molecule has 0 bridgehead atoms. The third-order valence-electron chi connectivity index (χ3n) is 5.28. The van der Waals surface area contributed by atoms with Crippen molar-refractivity contribution in [3.05, 3.63) is 58.7 Å². The summed E-state index contributed by atoms with van der Waals surface area (Å²) in [5.74, 6) is 0.960. The lowest BCUT2D eigenvalue weighted by molar-refractivity contribution is 0.398. The van der Waals surface area contributed by atoms with E-state index in [1.165, 1.54) is 33.4 Å². The SMILES string of the molecule is COc1ccc(C)c(-c2cccc3c2C=CC3[Si](C)(C)Cl)c1C(C)(C)C. The van der Waals surface area contributed by atoms with Crippen LogP contribution in [0.5, 0.6) is 5.75 Å². The van der Waals surface area contributed by atoms with Gasteiger partial charge in [-0.2, -0.15) is 11.1 Å². The molecule has 1 nitrogen and oxygen atoms in total. The number of halogens is 1. The van der Waals surface area contributed by atoms with Crippen LogP contribution in [0.25, 0.3) is 17.2 Å². The monoisotopic (exact) mass is 384 g/mol. The molecule has 0 spiro atoms. The van der Waals surface area contributed by atoms with Crippen molar-refractivity contribution < 1.29 is 4.74 Å². The third-order valence-corrected chi connectivity index (χ3v) is 7.97. The van der Waals surface area contributed by atoms with Gasteiger partial charge < -0.3 is 4.74 Å². The van der Waals surface area contributed by atoms with E-state index in [-0.39, 0.29) is 5.41 Å². The molecule has 26 heavy (non-hydrogen) atoms. The topological polar surface area (TPSA) is 9.23 Å². The molecule has 0 amide bonds. The van der Waals surface area contributed by atoms with Gasteiger partial charge in [0.2, 0.25) is 0 Å². The summed E-state index contributed by atoms with van der Waals surface area (Å²) < 4.78 is 5.75. The van der Waals surface area contributed by atoms with Gasteiger partial charge in [-0.1, -0.05) is 70.3 Å². The average molecular weight is 385 g/mol. The molecule has 0 fully saturated rings. The molecule has 0 saturated carbocycles. The normalized spacial score (nSPS) is 16.7. The Labute approximate surface area is 163 Å². The molecule has 0 saturated heterocycles. The number of rotatable bonds is 3. The maximum absolute atomic E-state index is 6.82. The van der Waals surface area contributed by atoms with Gasteiger partial charge in [-0.3, -0.25) is 0 Å². The first-order valence-electron chi connectivity index (χ1n) is 9.24. The second-order valence-electron chi connectivity index (χ2n) is 8.79. The number of benzene rings is 2. The quantitative estimate of drug-likeness (QED) is 0.406. The Morgan fingerprint density at radius 3 is 2.35 bits per heavy atom. The first-order valence-corrected chi connectivity index (χ1v) is 13.3. The van der Waals surface area contributed by atoms with Crippen molar-refractivity contribution in [3.63, 3.8) is 0 Å². The molecule has 0 radical (unpaired) electrons. The van der Waals surface area contributed by atoms with E-state index in [2.05, 4.69) is 83.3 Å². The van der Waals surface area contributed by atoms with Crippen molar-refractivity contribution in [1.29, 1.82) is 0 Å². The Balaban J connectivity index is 2.31.